The minimum absolute atomic E-state index is 0.113. The number of hydrogen-bond donors (Lipinski definition) is 0. The van der Waals surface area contributed by atoms with E-state index in [4.69, 9.17) is 0 Å². The summed E-state index contributed by atoms with van der Waals surface area (Å²) in [5.41, 5.74) is 17.0. The summed E-state index contributed by atoms with van der Waals surface area (Å²) in [4.78, 5) is 2.42. The van der Waals surface area contributed by atoms with Crippen LogP contribution < -0.4 is 4.90 Å². The number of nitrogens with zero attached hydrogens (tertiary/aromatic N) is 3. The van der Waals surface area contributed by atoms with E-state index in [1.165, 1.54) is 86.3 Å². The van der Waals surface area contributed by atoms with Crippen molar-refractivity contribution in [3.63, 3.8) is 0 Å². The van der Waals surface area contributed by atoms with Crippen molar-refractivity contribution in [1.29, 1.82) is 0 Å². The first kappa shape index (κ1) is 36.0. The number of para-hydroxylation sites is 1. The summed E-state index contributed by atoms with van der Waals surface area (Å²) in [6, 6.07) is 76.2. The second-order valence-electron chi connectivity index (χ2n) is 17.4. The maximum absolute atomic E-state index is 2.48. The zero-order valence-corrected chi connectivity index (χ0v) is 35.8. The van der Waals surface area contributed by atoms with Crippen molar-refractivity contribution < 1.29 is 0 Å². The second kappa shape index (κ2) is 13.7. The average molecular weight is 824 g/mol. The highest BCUT2D eigenvalue weighted by Crippen LogP contribution is 2.51. The Kier molecular flexibility index (Phi) is 7.82. The van der Waals surface area contributed by atoms with Gasteiger partial charge in [-0.25, -0.2) is 0 Å². The van der Waals surface area contributed by atoms with Gasteiger partial charge < -0.3 is 14.0 Å². The van der Waals surface area contributed by atoms with Crippen molar-refractivity contribution in [1.82, 2.24) is 9.13 Å². The lowest BCUT2D eigenvalue weighted by Gasteiger charge is -2.28. The molecule has 0 fully saturated rings. The molecule has 0 atom stereocenters. The van der Waals surface area contributed by atoms with Gasteiger partial charge in [0.1, 0.15) is 0 Å². The monoisotopic (exact) mass is 823 g/mol. The summed E-state index contributed by atoms with van der Waals surface area (Å²) in [5.74, 6) is 0. The van der Waals surface area contributed by atoms with Crippen LogP contribution >= 0.6 is 11.3 Å². The maximum Gasteiger partial charge on any atom is 0.0555 e. The van der Waals surface area contributed by atoms with E-state index in [0.29, 0.717) is 0 Å². The van der Waals surface area contributed by atoms with Gasteiger partial charge in [-0.05, 0) is 130 Å². The number of thiophene rings is 1. The van der Waals surface area contributed by atoms with Crippen LogP contribution in [0.4, 0.5) is 17.1 Å². The Morgan fingerprint density at radius 1 is 0.413 bits per heavy atom. The average Bonchev–Trinajstić information content (AvgIpc) is 4.07. The molecule has 4 heteroatoms. The topological polar surface area (TPSA) is 13.1 Å². The van der Waals surface area contributed by atoms with Crippen LogP contribution in [0.1, 0.15) is 25.0 Å². The molecule has 1 aliphatic carbocycles. The van der Waals surface area contributed by atoms with E-state index < -0.39 is 0 Å². The lowest BCUT2D eigenvalue weighted by Crippen LogP contribution is -2.16. The predicted molar refractivity (Wildman–Crippen MR) is 268 cm³/mol. The fourth-order valence-electron chi connectivity index (χ4n) is 10.4. The normalized spacial score (nSPS) is 13.0. The Balaban J connectivity index is 0.991. The van der Waals surface area contributed by atoms with Crippen molar-refractivity contribution in [3.05, 3.63) is 224 Å². The molecule has 0 amide bonds. The van der Waals surface area contributed by atoms with Crippen LogP contribution in [0.5, 0.6) is 0 Å². The van der Waals surface area contributed by atoms with Crippen LogP contribution in [-0.4, -0.2) is 9.13 Å². The van der Waals surface area contributed by atoms with E-state index in [-0.39, 0.29) is 5.41 Å². The molecule has 3 heterocycles. The van der Waals surface area contributed by atoms with Gasteiger partial charge in [-0.3, -0.25) is 0 Å². The van der Waals surface area contributed by atoms with E-state index in [1.54, 1.807) is 0 Å². The van der Waals surface area contributed by atoms with Gasteiger partial charge in [0.2, 0.25) is 0 Å². The summed E-state index contributed by atoms with van der Waals surface area (Å²) >= 11 is 1.88. The zero-order valence-electron chi connectivity index (χ0n) is 35.0. The lowest BCUT2D eigenvalue weighted by atomic mass is 9.82. The first-order valence-electron chi connectivity index (χ1n) is 21.7. The van der Waals surface area contributed by atoms with Crippen molar-refractivity contribution >= 4 is 81.3 Å². The van der Waals surface area contributed by atoms with Crippen molar-refractivity contribution in [2.24, 2.45) is 0 Å². The van der Waals surface area contributed by atoms with Gasteiger partial charge in [0, 0.05) is 76.4 Å². The SMILES string of the molecule is CC1(C)c2ccccc2-c2ccc(N(c3ccc(-c4ccccc4)cc3)c3ccc(-n4c5cc6ccn(-c7ccccc7)c6cc5c5cc6c(cc54)sc4ccccc46)cc3)cc21. The van der Waals surface area contributed by atoms with Crippen LogP contribution in [0.3, 0.4) is 0 Å². The Morgan fingerprint density at radius 2 is 1.05 bits per heavy atom. The number of aromatic nitrogens is 2. The Hall–Kier alpha value is -7.66. The molecule has 0 saturated heterocycles. The smallest absolute Gasteiger partial charge is 0.0555 e. The summed E-state index contributed by atoms with van der Waals surface area (Å²) < 4.78 is 7.41. The highest BCUT2D eigenvalue weighted by Gasteiger charge is 2.35. The molecule has 0 spiro atoms. The molecule has 9 aromatic carbocycles. The first-order valence-corrected chi connectivity index (χ1v) is 22.6. The summed E-state index contributed by atoms with van der Waals surface area (Å²) in [6.45, 7) is 4.72. The van der Waals surface area contributed by atoms with Crippen LogP contribution in [-0.2, 0) is 5.41 Å². The molecular formula is C59H41N3S. The molecule has 12 aromatic rings. The molecule has 0 radical (unpaired) electrons. The van der Waals surface area contributed by atoms with Crippen LogP contribution in [0, 0.1) is 0 Å². The van der Waals surface area contributed by atoms with E-state index in [9.17, 15) is 0 Å². The van der Waals surface area contributed by atoms with E-state index in [0.717, 1.165) is 28.4 Å². The molecule has 0 bridgehead atoms. The third kappa shape index (κ3) is 5.51. The minimum Gasteiger partial charge on any atom is -0.317 e. The number of anilines is 3. The zero-order chi connectivity index (χ0) is 41.8. The molecular weight excluding hydrogens is 783 g/mol. The Labute approximate surface area is 370 Å². The van der Waals surface area contributed by atoms with Crippen LogP contribution in [0.25, 0.3) is 86.5 Å². The van der Waals surface area contributed by atoms with Gasteiger partial charge >= 0.3 is 0 Å². The quantitative estimate of drug-likeness (QED) is 0.163. The molecule has 0 N–H and O–H groups in total. The van der Waals surface area contributed by atoms with Gasteiger partial charge in [0.25, 0.3) is 0 Å². The molecule has 1 aliphatic rings. The van der Waals surface area contributed by atoms with Gasteiger partial charge in [-0.15, -0.1) is 11.3 Å². The molecule has 13 rings (SSSR count). The van der Waals surface area contributed by atoms with Gasteiger partial charge in [-0.1, -0.05) is 123 Å². The first-order chi connectivity index (χ1) is 31.0. The third-order valence-electron chi connectivity index (χ3n) is 13.5. The van der Waals surface area contributed by atoms with Crippen molar-refractivity contribution in [2.45, 2.75) is 19.3 Å². The molecule has 3 aromatic heterocycles. The number of fused-ring (bicyclic) bond motifs is 10. The Bertz CT molecular complexity index is 3740. The predicted octanol–water partition coefficient (Wildman–Crippen LogP) is 16.5. The summed E-state index contributed by atoms with van der Waals surface area (Å²) in [7, 11) is 0. The van der Waals surface area contributed by atoms with Crippen LogP contribution in [0.15, 0.2) is 212 Å². The maximum atomic E-state index is 2.48. The number of benzene rings is 9. The van der Waals surface area contributed by atoms with Gasteiger partial charge in [0.05, 0.1) is 16.6 Å². The van der Waals surface area contributed by atoms with Gasteiger partial charge in [-0.2, -0.15) is 0 Å². The fourth-order valence-corrected chi connectivity index (χ4v) is 11.5. The lowest BCUT2D eigenvalue weighted by molar-refractivity contribution is 0.660. The molecule has 63 heavy (non-hydrogen) atoms. The fraction of sp³-hybridized carbons (Fsp3) is 0.0508. The van der Waals surface area contributed by atoms with Gasteiger partial charge in [0.15, 0.2) is 0 Å². The minimum atomic E-state index is -0.113. The molecule has 0 aliphatic heterocycles. The summed E-state index contributed by atoms with van der Waals surface area (Å²) in [5, 5.41) is 6.34. The van der Waals surface area contributed by atoms with E-state index in [1.807, 2.05) is 11.3 Å². The molecule has 3 nitrogen and oxygen atoms in total. The molecule has 0 unspecified atom stereocenters. The molecule has 298 valence electrons. The third-order valence-corrected chi connectivity index (χ3v) is 14.7. The van der Waals surface area contributed by atoms with Crippen molar-refractivity contribution in [2.75, 3.05) is 4.90 Å². The highest BCUT2D eigenvalue weighted by atomic mass is 32.1. The molecule has 0 saturated carbocycles. The largest absolute Gasteiger partial charge is 0.317 e. The number of rotatable bonds is 6. The summed E-state index contributed by atoms with van der Waals surface area (Å²) in [6.07, 6.45) is 2.20. The van der Waals surface area contributed by atoms with Crippen LogP contribution in [0.2, 0.25) is 0 Å². The number of hydrogen-bond acceptors (Lipinski definition) is 2. The highest BCUT2D eigenvalue weighted by molar-refractivity contribution is 7.25. The van der Waals surface area contributed by atoms with E-state index in [2.05, 4.69) is 240 Å². The van der Waals surface area contributed by atoms with E-state index >= 15 is 0 Å². The van der Waals surface area contributed by atoms with Crippen molar-refractivity contribution in [3.8, 4) is 33.6 Å². The second-order valence-corrected chi connectivity index (χ2v) is 18.5. The Morgan fingerprint density at radius 3 is 1.86 bits per heavy atom. The standard InChI is InChI=1S/C59H41N3S/c1-59(2)52-19-11-9-17-46(52)47-30-29-45(34-53(47)59)61(42-23-21-39(22-24-42)38-13-5-3-6-14-38)43-25-27-44(28-26-43)62-55-33-40-31-32-60(41-15-7-4-8-16-41)54(40)36-50(55)49-35-51-48-18-10-12-20-57(48)63-58(51)37-56(49)62/h3-37H,1-2H3.